The van der Waals surface area contributed by atoms with E-state index in [4.69, 9.17) is 9.47 Å². The summed E-state index contributed by atoms with van der Waals surface area (Å²) >= 11 is 0. The van der Waals surface area contributed by atoms with Gasteiger partial charge in [0.1, 0.15) is 22.1 Å². The number of hydrogen-bond acceptors (Lipinski definition) is 5. The second kappa shape index (κ2) is 8.46. The normalized spacial score (nSPS) is 14.8. The highest BCUT2D eigenvalue weighted by Crippen LogP contribution is 2.29. The standard InChI is InChI=1S/C20H27N3O5S/c1-13-18(22-14(2)19(13)29(25,26)23-9-5-6-10-23)20(24)21-12-15-11-16(27-3)7-8-17(15)28-4/h7-8,11,22H,5-6,9-10,12H2,1-4H3,(H,21,24). The molecule has 2 aromatic rings. The zero-order valence-corrected chi connectivity index (χ0v) is 18.0. The van der Waals surface area contributed by atoms with Gasteiger partial charge in [0, 0.05) is 30.9 Å². The molecule has 9 heteroatoms. The van der Waals surface area contributed by atoms with Crippen molar-refractivity contribution in [2.45, 2.75) is 38.1 Å². The molecule has 1 aromatic heterocycles. The fourth-order valence-corrected chi connectivity index (χ4v) is 5.61. The second-order valence-corrected chi connectivity index (χ2v) is 8.93. The molecule has 0 spiro atoms. The molecular weight excluding hydrogens is 394 g/mol. The fourth-order valence-electron chi connectivity index (χ4n) is 3.69. The van der Waals surface area contributed by atoms with E-state index in [9.17, 15) is 13.2 Å². The van der Waals surface area contributed by atoms with Crippen LogP contribution in [0, 0.1) is 13.8 Å². The van der Waals surface area contributed by atoms with E-state index in [0.29, 0.717) is 35.8 Å². The first-order chi connectivity index (χ1) is 13.8. The predicted octanol–water partition coefficient (Wildman–Crippen LogP) is 2.36. The quantitative estimate of drug-likeness (QED) is 0.715. The summed E-state index contributed by atoms with van der Waals surface area (Å²) in [5.41, 5.74) is 1.91. The summed E-state index contributed by atoms with van der Waals surface area (Å²) in [6.07, 6.45) is 1.72. The number of amides is 1. The van der Waals surface area contributed by atoms with Gasteiger partial charge in [0.05, 0.1) is 14.2 Å². The van der Waals surface area contributed by atoms with Crippen LogP contribution >= 0.6 is 0 Å². The number of carbonyl (C=O) groups excluding carboxylic acids is 1. The van der Waals surface area contributed by atoms with Crippen LogP contribution in [0.1, 0.15) is 40.2 Å². The Balaban J connectivity index is 1.83. The highest BCUT2D eigenvalue weighted by molar-refractivity contribution is 7.89. The van der Waals surface area contributed by atoms with Crippen LogP contribution in [-0.4, -0.2) is 50.9 Å². The van der Waals surface area contributed by atoms with Crippen molar-refractivity contribution in [3.05, 3.63) is 40.7 Å². The van der Waals surface area contributed by atoms with Gasteiger partial charge in [-0.2, -0.15) is 4.31 Å². The largest absolute Gasteiger partial charge is 0.497 e. The van der Waals surface area contributed by atoms with Crippen LogP contribution in [0.25, 0.3) is 0 Å². The number of methoxy groups -OCH3 is 2. The first-order valence-electron chi connectivity index (χ1n) is 9.48. The molecule has 0 bridgehead atoms. The molecule has 2 N–H and O–H groups in total. The molecule has 0 radical (unpaired) electrons. The van der Waals surface area contributed by atoms with Gasteiger partial charge in [-0.1, -0.05) is 0 Å². The van der Waals surface area contributed by atoms with Gasteiger partial charge in [0.15, 0.2) is 0 Å². The number of aromatic nitrogens is 1. The van der Waals surface area contributed by atoms with Crippen molar-refractivity contribution < 1.29 is 22.7 Å². The van der Waals surface area contributed by atoms with E-state index in [1.807, 2.05) is 0 Å². The molecule has 1 amide bonds. The summed E-state index contributed by atoms with van der Waals surface area (Å²) in [5, 5.41) is 2.83. The van der Waals surface area contributed by atoms with Crippen LogP contribution in [0.4, 0.5) is 0 Å². The first kappa shape index (κ1) is 21.2. The molecule has 1 aromatic carbocycles. The number of sulfonamides is 1. The number of H-pyrrole nitrogens is 1. The third-order valence-corrected chi connectivity index (χ3v) is 7.36. The molecule has 29 heavy (non-hydrogen) atoms. The van der Waals surface area contributed by atoms with Crippen molar-refractivity contribution in [2.75, 3.05) is 27.3 Å². The summed E-state index contributed by atoms with van der Waals surface area (Å²) in [4.78, 5) is 15.9. The highest BCUT2D eigenvalue weighted by atomic mass is 32.2. The van der Waals surface area contributed by atoms with Crippen LogP contribution < -0.4 is 14.8 Å². The number of benzene rings is 1. The smallest absolute Gasteiger partial charge is 0.268 e. The Bertz CT molecular complexity index is 1010. The Kier molecular flexibility index (Phi) is 6.18. The molecule has 1 saturated heterocycles. The van der Waals surface area contributed by atoms with E-state index in [0.717, 1.165) is 18.4 Å². The van der Waals surface area contributed by atoms with Crippen LogP contribution in [0.15, 0.2) is 23.1 Å². The Hall–Kier alpha value is -2.52. The van der Waals surface area contributed by atoms with Crippen LogP contribution in [0.2, 0.25) is 0 Å². The second-order valence-electron chi connectivity index (χ2n) is 7.05. The van der Waals surface area contributed by atoms with Crippen molar-refractivity contribution in [1.82, 2.24) is 14.6 Å². The average molecular weight is 422 g/mol. The molecule has 1 aliphatic rings. The van der Waals surface area contributed by atoms with Crippen molar-refractivity contribution in [3.63, 3.8) is 0 Å². The molecule has 1 aliphatic heterocycles. The third kappa shape index (κ3) is 4.11. The van der Waals surface area contributed by atoms with E-state index in [2.05, 4.69) is 10.3 Å². The number of hydrogen-bond donors (Lipinski definition) is 2. The number of ether oxygens (including phenoxy) is 2. The average Bonchev–Trinajstić information content (AvgIpc) is 3.34. The number of aromatic amines is 1. The SMILES string of the molecule is COc1ccc(OC)c(CNC(=O)c2[nH]c(C)c(S(=O)(=O)N3CCCC3)c2C)c1. The maximum Gasteiger partial charge on any atom is 0.268 e. The zero-order chi connectivity index (χ0) is 21.2. The third-order valence-electron chi connectivity index (χ3n) is 5.19. The molecular formula is C20H27N3O5S. The van der Waals surface area contributed by atoms with Crippen molar-refractivity contribution in [3.8, 4) is 11.5 Å². The summed E-state index contributed by atoms with van der Waals surface area (Å²) in [7, 11) is -0.490. The minimum Gasteiger partial charge on any atom is -0.497 e. The number of nitrogens with one attached hydrogen (secondary N) is 2. The summed E-state index contributed by atoms with van der Waals surface area (Å²) in [5.74, 6) is 0.905. The lowest BCUT2D eigenvalue weighted by atomic mass is 10.1. The molecule has 1 fully saturated rings. The van der Waals surface area contributed by atoms with Gasteiger partial charge in [-0.05, 0) is 50.5 Å². The van der Waals surface area contributed by atoms with Gasteiger partial charge >= 0.3 is 0 Å². The Morgan fingerprint density at radius 3 is 2.48 bits per heavy atom. The first-order valence-corrected chi connectivity index (χ1v) is 10.9. The molecule has 0 saturated carbocycles. The maximum atomic E-state index is 13.0. The van der Waals surface area contributed by atoms with E-state index >= 15 is 0 Å². The minimum absolute atomic E-state index is 0.198. The van der Waals surface area contributed by atoms with Crippen LogP contribution in [-0.2, 0) is 16.6 Å². The number of nitrogens with zero attached hydrogens (tertiary/aromatic N) is 1. The predicted molar refractivity (Wildman–Crippen MR) is 109 cm³/mol. The van der Waals surface area contributed by atoms with Gasteiger partial charge in [-0.3, -0.25) is 4.79 Å². The minimum atomic E-state index is -3.61. The van der Waals surface area contributed by atoms with E-state index in [1.165, 1.54) is 4.31 Å². The van der Waals surface area contributed by atoms with Crippen LogP contribution in [0.3, 0.4) is 0 Å². The van der Waals surface area contributed by atoms with Gasteiger partial charge in [-0.15, -0.1) is 0 Å². The molecule has 8 nitrogen and oxygen atoms in total. The molecule has 158 valence electrons. The van der Waals surface area contributed by atoms with Crippen molar-refractivity contribution in [1.29, 1.82) is 0 Å². The molecule has 2 heterocycles. The number of rotatable bonds is 7. The van der Waals surface area contributed by atoms with E-state index < -0.39 is 10.0 Å². The summed E-state index contributed by atoms with van der Waals surface area (Å²) in [6, 6.07) is 5.33. The van der Waals surface area contributed by atoms with Crippen LogP contribution in [0.5, 0.6) is 11.5 Å². The van der Waals surface area contributed by atoms with Crippen molar-refractivity contribution in [2.24, 2.45) is 0 Å². The number of aryl methyl sites for hydroxylation is 1. The van der Waals surface area contributed by atoms with Gasteiger partial charge < -0.3 is 19.8 Å². The topological polar surface area (TPSA) is 101 Å². The van der Waals surface area contributed by atoms with Gasteiger partial charge in [0.25, 0.3) is 5.91 Å². The van der Waals surface area contributed by atoms with Gasteiger partial charge in [0.2, 0.25) is 10.0 Å². The summed E-state index contributed by atoms with van der Waals surface area (Å²) < 4.78 is 38.0. The highest BCUT2D eigenvalue weighted by Gasteiger charge is 2.33. The maximum absolute atomic E-state index is 13.0. The lowest BCUT2D eigenvalue weighted by Gasteiger charge is -2.16. The molecule has 0 unspecified atom stereocenters. The van der Waals surface area contributed by atoms with Gasteiger partial charge in [-0.25, -0.2) is 8.42 Å². The Morgan fingerprint density at radius 2 is 1.86 bits per heavy atom. The number of carbonyl (C=O) groups is 1. The monoisotopic (exact) mass is 421 g/mol. The fraction of sp³-hybridized carbons (Fsp3) is 0.450. The Morgan fingerprint density at radius 1 is 1.17 bits per heavy atom. The lowest BCUT2D eigenvalue weighted by Crippen LogP contribution is -2.29. The Labute approximate surface area is 171 Å². The van der Waals surface area contributed by atoms with E-state index in [-0.39, 0.29) is 23.0 Å². The van der Waals surface area contributed by atoms with Crippen molar-refractivity contribution >= 4 is 15.9 Å². The molecule has 0 atom stereocenters. The summed E-state index contributed by atoms with van der Waals surface area (Å²) in [6.45, 7) is 4.59. The molecule has 0 aliphatic carbocycles. The van der Waals surface area contributed by atoms with E-state index in [1.54, 1.807) is 46.3 Å². The molecule has 3 rings (SSSR count). The zero-order valence-electron chi connectivity index (χ0n) is 17.2. The lowest BCUT2D eigenvalue weighted by molar-refractivity contribution is 0.0945.